The maximum absolute atomic E-state index is 12.8. The van der Waals surface area contributed by atoms with Crippen molar-refractivity contribution in [2.45, 2.75) is 19.9 Å². The summed E-state index contributed by atoms with van der Waals surface area (Å²) in [5.74, 6) is 2.28. The zero-order valence-electron chi connectivity index (χ0n) is 13.3. The van der Waals surface area contributed by atoms with Gasteiger partial charge in [-0.1, -0.05) is 0 Å². The molecule has 6 nitrogen and oxygen atoms in total. The number of rotatable bonds is 4. The molecule has 0 N–H and O–H groups in total. The van der Waals surface area contributed by atoms with Crippen LogP contribution in [-0.4, -0.2) is 59.2 Å². The molecule has 0 saturated carbocycles. The number of benzene rings is 1. The summed E-state index contributed by atoms with van der Waals surface area (Å²) in [7, 11) is 0. The molecule has 2 aliphatic heterocycles. The number of hydrogen-bond acceptors (Lipinski definition) is 5. The Morgan fingerprint density at radius 2 is 2.00 bits per heavy atom. The lowest BCUT2D eigenvalue weighted by Crippen LogP contribution is -2.48. The zero-order chi connectivity index (χ0) is 16.4. The summed E-state index contributed by atoms with van der Waals surface area (Å²) in [5, 5.41) is 0. The summed E-state index contributed by atoms with van der Waals surface area (Å²) in [6, 6.07) is 4.75. The second-order valence-corrected chi connectivity index (χ2v) is 6.37. The highest BCUT2D eigenvalue weighted by atomic mass is 32.2. The average Bonchev–Trinajstić information content (AvgIpc) is 3.23. The van der Waals surface area contributed by atoms with Crippen LogP contribution in [-0.2, 0) is 4.79 Å². The number of ether oxygens (including phenoxy) is 2. The smallest absolute Gasteiger partial charge is 0.255 e. The summed E-state index contributed by atoms with van der Waals surface area (Å²) in [4.78, 5) is 28.9. The minimum absolute atomic E-state index is 0.0223. The molecule has 23 heavy (non-hydrogen) atoms. The van der Waals surface area contributed by atoms with Crippen LogP contribution in [0.2, 0.25) is 0 Å². The standard InChI is InChI=1S/C16H20N2O4S/c1-3-17(4-2)16(20)12-8-23-9-18(12)15(19)11-5-6-13-14(7-11)22-10-21-13/h5-7,12H,3-4,8-10H2,1-2H3/t12-/m0/s1. The van der Waals surface area contributed by atoms with Gasteiger partial charge >= 0.3 is 0 Å². The van der Waals surface area contributed by atoms with Gasteiger partial charge in [0.15, 0.2) is 11.5 Å². The van der Waals surface area contributed by atoms with Gasteiger partial charge in [-0.3, -0.25) is 9.59 Å². The molecule has 1 aromatic rings. The first kappa shape index (κ1) is 16.0. The van der Waals surface area contributed by atoms with Gasteiger partial charge in [0.25, 0.3) is 5.91 Å². The first-order valence-electron chi connectivity index (χ1n) is 7.72. The van der Waals surface area contributed by atoms with Crippen molar-refractivity contribution >= 4 is 23.6 Å². The highest BCUT2D eigenvalue weighted by molar-refractivity contribution is 7.99. The van der Waals surface area contributed by atoms with E-state index in [-0.39, 0.29) is 18.6 Å². The van der Waals surface area contributed by atoms with Gasteiger partial charge in [-0.15, -0.1) is 11.8 Å². The molecule has 1 saturated heterocycles. The molecular weight excluding hydrogens is 316 g/mol. The van der Waals surface area contributed by atoms with Gasteiger partial charge < -0.3 is 19.3 Å². The van der Waals surface area contributed by atoms with Gasteiger partial charge in [0.2, 0.25) is 12.7 Å². The second kappa shape index (κ2) is 6.70. The Hall–Kier alpha value is -1.89. The molecule has 0 bridgehead atoms. The number of carbonyl (C=O) groups excluding carboxylic acids is 2. The van der Waals surface area contributed by atoms with Crippen molar-refractivity contribution in [2.75, 3.05) is 31.5 Å². The number of likely N-dealkylation sites (N-methyl/N-ethyl adjacent to an activating group) is 1. The van der Waals surface area contributed by atoms with Gasteiger partial charge in [-0.2, -0.15) is 0 Å². The lowest BCUT2D eigenvalue weighted by atomic mass is 10.1. The van der Waals surface area contributed by atoms with Crippen molar-refractivity contribution in [2.24, 2.45) is 0 Å². The predicted molar refractivity (Wildman–Crippen MR) is 87.8 cm³/mol. The molecule has 124 valence electrons. The van der Waals surface area contributed by atoms with E-state index in [9.17, 15) is 9.59 Å². The molecule has 0 radical (unpaired) electrons. The van der Waals surface area contributed by atoms with E-state index in [0.717, 1.165) is 0 Å². The summed E-state index contributed by atoms with van der Waals surface area (Å²) >= 11 is 1.61. The number of thioether (sulfide) groups is 1. The molecule has 2 amide bonds. The number of nitrogens with zero attached hydrogens (tertiary/aromatic N) is 2. The lowest BCUT2D eigenvalue weighted by Gasteiger charge is -2.28. The Balaban J connectivity index is 1.79. The van der Waals surface area contributed by atoms with Crippen LogP contribution >= 0.6 is 11.8 Å². The third-order valence-corrected chi connectivity index (χ3v) is 5.14. The van der Waals surface area contributed by atoms with Crippen LogP contribution in [0.5, 0.6) is 11.5 Å². The molecule has 2 heterocycles. The zero-order valence-corrected chi connectivity index (χ0v) is 14.1. The first-order chi connectivity index (χ1) is 11.2. The molecule has 3 rings (SSSR count). The highest BCUT2D eigenvalue weighted by Crippen LogP contribution is 2.33. The molecule has 1 atom stereocenters. The maximum atomic E-state index is 12.8. The Kier molecular flexibility index (Phi) is 4.66. The number of amides is 2. The molecule has 7 heteroatoms. The second-order valence-electron chi connectivity index (χ2n) is 5.37. The summed E-state index contributed by atoms with van der Waals surface area (Å²) in [5.41, 5.74) is 0.522. The van der Waals surface area contributed by atoms with E-state index >= 15 is 0 Å². The van der Waals surface area contributed by atoms with Gasteiger partial charge in [0.1, 0.15) is 6.04 Å². The van der Waals surface area contributed by atoms with E-state index in [2.05, 4.69) is 0 Å². The lowest BCUT2D eigenvalue weighted by molar-refractivity contribution is -0.134. The van der Waals surface area contributed by atoms with Crippen molar-refractivity contribution in [1.29, 1.82) is 0 Å². The maximum Gasteiger partial charge on any atom is 0.255 e. The van der Waals surface area contributed by atoms with E-state index in [0.29, 0.717) is 41.8 Å². The molecule has 1 aromatic carbocycles. The van der Waals surface area contributed by atoms with E-state index in [4.69, 9.17) is 9.47 Å². The van der Waals surface area contributed by atoms with Crippen LogP contribution in [0, 0.1) is 0 Å². The van der Waals surface area contributed by atoms with Gasteiger partial charge in [-0.05, 0) is 32.0 Å². The minimum atomic E-state index is -0.391. The SMILES string of the molecule is CCN(CC)C(=O)[C@@H]1CSCN1C(=O)c1ccc2c(c1)OCO2. The van der Waals surface area contributed by atoms with Crippen LogP contribution < -0.4 is 9.47 Å². The first-order valence-corrected chi connectivity index (χ1v) is 8.88. The van der Waals surface area contributed by atoms with Crippen LogP contribution in [0.25, 0.3) is 0 Å². The van der Waals surface area contributed by atoms with Crippen LogP contribution in [0.3, 0.4) is 0 Å². The number of fused-ring (bicyclic) bond motifs is 1. The fraction of sp³-hybridized carbons (Fsp3) is 0.500. The summed E-state index contributed by atoms with van der Waals surface area (Å²) in [6.07, 6.45) is 0. The Morgan fingerprint density at radius 1 is 1.26 bits per heavy atom. The molecular formula is C16H20N2O4S. The normalized spacial score (nSPS) is 19.0. The molecule has 0 aliphatic carbocycles. The van der Waals surface area contributed by atoms with E-state index in [1.165, 1.54) is 0 Å². The predicted octanol–water partition coefficient (Wildman–Crippen LogP) is 1.80. The minimum Gasteiger partial charge on any atom is -0.454 e. The largest absolute Gasteiger partial charge is 0.454 e. The fourth-order valence-corrected chi connectivity index (χ4v) is 3.93. The molecule has 0 aromatic heterocycles. The Bertz CT molecular complexity index is 618. The third-order valence-electron chi connectivity index (χ3n) is 4.12. The topological polar surface area (TPSA) is 59.1 Å². The summed E-state index contributed by atoms with van der Waals surface area (Å²) < 4.78 is 10.6. The van der Waals surface area contributed by atoms with E-state index < -0.39 is 6.04 Å². The van der Waals surface area contributed by atoms with Gasteiger partial charge in [0.05, 0.1) is 5.88 Å². The Morgan fingerprint density at radius 3 is 2.74 bits per heavy atom. The van der Waals surface area contributed by atoms with E-state index in [1.807, 2.05) is 13.8 Å². The van der Waals surface area contributed by atoms with Crippen molar-refractivity contribution in [3.05, 3.63) is 23.8 Å². The fourth-order valence-electron chi connectivity index (χ4n) is 2.79. The average molecular weight is 336 g/mol. The number of carbonyl (C=O) groups is 2. The number of hydrogen-bond donors (Lipinski definition) is 0. The molecule has 2 aliphatic rings. The third kappa shape index (κ3) is 2.97. The van der Waals surface area contributed by atoms with Crippen molar-refractivity contribution in [3.8, 4) is 11.5 Å². The van der Waals surface area contributed by atoms with Gasteiger partial charge in [-0.25, -0.2) is 0 Å². The van der Waals surface area contributed by atoms with E-state index in [1.54, 1.807) is 39.8 Å². The van der Waals surface area contributed by atoms with Crippen molar-refractivity contribution in [3.63, 3.8) is 0 Å². The molecule has 1 fully saturated rings. The summed E-state index contributed by atoms with van der Waals surface area (Å²) in [6.45, 7) is 5.39. The molecule has 0 spiro atoms. The monoisotopic (exact) mass is 336 g/mol. The quantitative estimate of drug-likeness (QED) is 0.839. The van der Waals surface area contributed by atoms with Crippen LogP contribution in [0.4, 0.5) is 0 Å². The van der Waals surface area contributed by atoms with Crippen molar-refractivity contribution in [1.82, 2.24) is 9.80 Å². The van der Waals surface area contributed by atoms with Crippen LogP contribution in [0.15, 0.2) is 18.2 Å². The van der Waals surface area contributed by atoms with Gasteiger partial charge in [0, 0.05) is 24.4 Å². The Labute approximate surface area is 139 Å². The van der Waals surface area contributed by atoms with Crippen LogP contribution in [0.1, 0.15) is 24.2 Å². The van der Waals surface area contributed by atoms with Crippen molar-refractivity contribution < 1.29 is 19.1 Å². The molecule has 0 unspecified atom stereocenters. The highest BCUT2D eigenvalue weighted by Gasteiger charge is 2.37.